The molecule has 0 saturated heterocycles. The highest BCUT2D eigenvalue weighted by atomic mass is 15.0. The fraction of sp³-hybridized carbons (Fsp3) is 0.625. The highest BCUT2D eigenvalue weighted by Crippen LogP contribution is 2.24. The molecule has 1 N–H and O–H groups in total. The van der Waals surface area contributed by atoms with Crippen LogP contribution in [0, 0.1) is 23.7 Å². The molecule has 1 heterocycles. The molecule has 3 heteroatoms. The maximum atomic E-state index is 8.95. The Morgan fingerprint density at radius 2 is 2.05 bits per heavy atom. The molecule has 0 aliphatic rings. The Balaban J connectivity index is 2.56. The first-order chi connectivity index (χ1) is 8.96. The van der Waals surface area contributed by atoms with E-state index >= 15 is 0 Å². The molecule has 0 aromatic carbocycles. The van der Waals surface area contributed by atoms with Gasteiger partial charge in [-0.05, 0) is 30.9 Å². The molecule has 1 aromatic heterocycles. The van der Waals surface area contributed by atoms with Gasteiger partial charge in [0.25, 0.3) is 0 Å². The van der Waals surface area contributed by atoms with Crippen LogP contribution in [0.2, 0.25) is 0 Å². The van der Waals surface area contributed by atoms with Gasteiger partial charge in [-0.25, -0.2) is 4.98 Å². The second-order valence-corrected chi connectivity index (χ2v) is 5.97. The Kier molecular flexibility index (Phi) is 5.82. The van der Waals surface area contributed by atoms with Gasteiger partial charge in [0, 0.05) is 12.2 Å². The van der Waals surface area contributed by atoms with E-state index in [-0.39, 0.29) is 5.41 Å². The van der Waals surface area contributed by atoms with E-state index in [2.05, 4.69) is 37.1 Å². The molecule has 0 unspecified atom stereocenters. The van der Waals surface area contributed by atoms with Crippen molar-refractivity contribution in [1.29, 1.82) is 5.26 Å². The maximum Gasteiger partial charge on any atom is 0.127 e. The molecule has 1 rings (SSSR count). The number of nitrogens with one attached hydrogen (secondary N) is 1. The zero-order valence-electron chi connectivity index (χ0n) is 12.6. The molecular weight excluding hydrogens is 234 g/mol. The minimum atomic E-state index is 0.257. The zero-order chi connectivity index (χ0) is 14.3. The highest BCUT2D eigenvalue weighted by Gasteiger charge is 2.17. The van der Waals surface area contributed by atoms with Crippen LogP contribution < -0.4 is 5.32 Å². The van der Waals surface area contributed by atoms with Gasteiger partial charge in [-0.1, -0.05) is 40.0 Å². The van der Waals surface area contributed by atoms with Crippen LogP contribution in [0.1, 0.15) is 57.7 Å². The van der Waals surface area contributed by atoms with Crippen molar-refractivity contribution in [3.63, 3.8) is 0 Å². The van der Waals surface area contributed by atoms with Crippen LogP contribution in [0.15, 0.2) is 12.1 Å². The monoisotopic (exact) mass is 259 g/mol. The molecule has 19 heavy (non-hydrogen) atoms. The summed E-state index contributed by atoms with van der Waals surface area (Å²) in [6.45, 7) is 9.58. The Bertz CT molecular complexity index is 444. The number of rotatable bonds is 7. The zero-order valence-corrected chi connectivity index (χ0v) is 12.6. The summed E-state index contributed by atoms with van der Waals surface area (Å²) in [5.74, 6) is 0.806. The van der Waals surface area contributed by atoms with Crippen LogP contribution in [0.4, 0.5) is 5.82 Å². The van der Waals surface area contributed by atoms with Crippen LogP contribution in [0.3, 0.4) is 0 Å². The largest absolute Gasteiger partial charge is 0.369 e. The van der Waals surface area contributed by atoms with Crippen molar-refractivity contribution in [2.24, 2.45) is 5.41 Å². The SMILES string of the molecule is CCCCCC(C)(C)CNc1cc(C#N)cc(C)n1. The van der Waals surface area contributed by atoms with Gasteiger partial charge in [0.1, 0.15) is 5.82 Å². The lowest BCUT2D eigenvalue weighted by molar-refractivity contribution is 0.342. The van der Waals surface area contributed by atoms with E-state index < -0.39 is 0 Å². The Labute approximate surface area is 117 Å². The number of hydrogen-bond acceptors (Lipinski definition) is 3. The van der Waals surface area contributed by atoms with Gasteiger partial charge < -0.3 is 5.32 Å². The second kappa shape index (κ2) is 7.13. The van der Waals surface area contributed by atoms with Gasteiger partial charge in [-0.15, -0.1) is 0 Å². The van der Waals surface area contributed by atoms with Gasteiger partial charge in [-0.2, -0.15) is 5.26 Å². The molecule has 0 spiro atoms. The molecule has 1 aromatic rings. The molecule has 0 bridgehead atoms. The standard InChI is InChI=1S/C16H25N3/c1-5-6-7-8-16(3,4)12-18-15-10-14(11-17)9-13(2)19-15/h9-10H,5-8,12H2,1-4H3,(H,18,19). The molecule has 0 amide bonds. The molecular formula is C16H25N3. The van der Waals surface area contributed by atoms with E-state index in [1.165, 1.54) is 25.7 Å². The lowest BCUT2D eigenvalue weighted by atomic mass is 9.87. The van der Waals surface area contributed by atoms with Crippen molar-refractivity contribution in [2.45, 2.75) is 53.4 Å². The number of unbranched alkanes of at least 4 members (excludes halogenated alkanes) is 2. The molecule has 0 radical (unpaired) electrons. The first kappa shape index (κ1) is 15.5. The van der Waals surface area contributed by atoms with E-state index in [1.807, 2.05) is 13.0 Å². The minimum Gasteiger partial charge on any atom is -0.369 e. The Morgan fingerprint density at radius 3 is 2.68 bits per heavy atom. The molecule has 0 aliphatic heterocycles. The van der Waals surface area contributed by atoms with E-state index in [4.69, 9.17) is 5.26 Å². The van der Waals surface area contributed by atoms with Gasteiger partial charge in [0.05, 0.1) is 11.6 Å². The quantitative estimate of drug-likeness (QED) is 0.743. The molecule has 0 atom stereocenters. The van der Waals surface area contributed by atoms with Crippen molar-refractivity contribution in [3.8, 4) is 6.07 Å². The molecule has 0 fully saturated rings. The summed E-state index contributed by atoms with van der Waals surface area (Å²) < 4.78 is 0. The number of nitriles is 1. The van der Waals surface area contributed by atoms with E-state index in [0.29, 0.717) is 5.56 Å². The van der Waals surface area contributed by atoms with Crippen molar-refractivity contribution >= 4 is 5.82 Å². The summed E-state index contributed by atoms with van der Waals surface area (Å²) in [5.41, 5.74) is 1.80. The number of anilines is 1. The van der Waals surface area contributed by atoms with Crippen LogP contribution in [0.5, 0.6) is 0 Å². The fourth-order valence-corrected chi connectivity index (χ4v) is 2.10. The lowest BCUT2D eigenvalue weighted by Crippen LogP contribution is -2.23. The van der Waals surface area contributed by atoms with Gasteiger partial charge in [0.2, 0.25) is 0 Å². The topological polar surface area (TPSA) is 48.7 Å². The predicted molar refractivity (Wildman–Crippen MR) is 80.1 cm³/mol. The van der Waals surface area contributed by atoms with Crippen LogP contribution in [-0.2, 0) is 0 Å². The second-order valence-electron chi connectivity index (χ2n) is 5.97. The number of aromatic nitrogens is 1. The van der Waals surface area contributed by atoms with Crippen molar-refractivity contribution in [3.05, 3.63) is 23.4 Å². The molecule has 104 valence electrons. The highest BCUT2D eigenvalue weighted by molar-refractivity contribution is 5.44. The Morgan fingerprint density at radius 1 is 1.32 bits per heavy atom. The number of hydrogen-bond donors (Lipinski definition) is 1. The van der Waals surface area contributed by atoms with Crippen LogP contribution >= 0.6 is 0 Å². The van der Waals surface area contributed by atoms with Gasteiger partial charge >= 0.3 is 0 Å². The van der Waals surface area contributed by atoms with Gasteiger partial charge in [-0.3, -0.25) is 0 Å². The average Bonchev–Trinajstić information content (AvgIpc) is 2.36. The lowest BCUT2D eigenvalue weighted by Gasteiger charge is -2.25. The third kappa shape index (κ3) is 5.74. The summed E-state index contributed by atoms with van der Waals surface area (Å²) in [7, 11) is 0. The maximum absolute atomic E-state index is 8.95. The van der Waals surface area contributed by atoms with Crippen LogP contribution in [0.25, 0.3) is 0 Å². The van der Waals surface area contributed by atoms with Gasteiger partial charge in [0.15, 0.2) is 0 Å². The van der Waals surface area contributed by atoms with E-state index in [1.54, 1.807) is 6.07 Å². The summed E-state index contributed by atoms with van der Waals surface area (Å²) in [5, 5.41) is 12.3. The number of nitrogens with zero attached hydrogens (tertiary/aromatic N) is 2. The number of pyridine rings is 1. The fourth-order valence-electron chi connectivity index (χ4n) is 2.10. The first-order valence-electron chi connectivity index (χ1n) is 7.09. The van der Waals surface area contributed by atoms with Crippen molar-refractivity contribution in [1.82, 2.24) is 4.98 Å². The van der Waals surface area contributed by atoms with Crippen molar-refractivity contribution < 1.29 is 0 Å². The summed E-state index contributed by atoms with van der Waals surface area (Å²) >= 11 is 0. The average molecular weight is 259 g/mol. The first-order valence-corrected chi connectivity index (χ1v) is 7.09. The molecule has 3 nitrogen and oxygen atoms in total. The van der Waals surface area contributed by atoms with E-state index in [0.717, 1.165) is 18.1 Å². The summed E-state index contributed by atoms with van der Waals surface area (Å²) in [6.07, 6.45) is 5.04. The minimum absolute atomic E-state index is 0.257. The van der Waals surface area contributed by atoms with E-state index in [9.17, 15) is 0 Å². The molecule has 0 saturated carbocycles. The summed E-state index contributed by atoms with van der Waals surface area (Å²) in [4.78, 5) is 4.42. The molecule has 0 aliphatic carbocycles. The summed E-state index contributed by atoms with van der Waals surface area (Å²) in [6, 6.07) is 5.78. The van der Waals surface area contributed by atoms with Crippen LogP contribution in [-0.4, -0.2) is 11.5 Å². The smallest absolute Gasteiger partial charge is 0.127 e. The third-order valence-corrected chi connectivity index (χ3v) is 3.29. The van der Waals surface area contributed by atoms with Crippen molar-refractivity contribution in [2.75, 3.05) is 11.9 Å². The normalized spacial score (nSPS) is 11.1. The predicted octanol–water partition coefficient (Wildman–Crippen LogP) is 4.28. The third-order valence-electron chi connectivity index (χ3n) is 3.29. The Hall–Kier alpha value is -1.56. The number of aryl methyl sites for hydroxylation is 1.